The Morgan fingerprint density at radius 1 is 0.946 bits per heavy atom. The topological polar surface area (TPSA) is 86.4 Å². The highest BCUT2D eigenvalue weighted by molar-refractivity contribution is 7.72. The van der Waals surface area contributed by atoms with Gasteiger partial charge in [0.05, 0.1) is 10.6 Å². The third-order valence-electron chi connectivity index (χ3n) is 6.48. The number of hydrogen-bond acceptors (Lipinski definition) is 6. The number of benzene rings is 2. The van der Waals surface area contributed by atoms with Crippen LogP contribution >= 0.6 is 23.2 Å². The van der Waals surface area contributed by atoms with E-state index in [9.17, 15) is 8.42 Å². The monoisotopic (exact) mass is 554 g/mol. The number of aromatic nitrogens is 3. The number of hydrogen-bond donors (Lipinski definition) is 1. The molecule has 0 amide bonds. The summed E-state index contributed by atoms with van der Waals surface area (Å²) in [4.78, 5) is 13.9. The number of halogens is 2. The summed E-state index contributed by atoms with van der Waals surface area (Å²) in [6, 6.07) is 16.5. The van der Waals surface area contributed by atoms with Crippen LogP contribution in [-0.4, -0.2) is 28.9 Å². The standard InChI is InChI=1S/C27H24Cl2N4O3S/c1-15-10-20(13-24(28)30-15)26-27(4,32-17(3)36-26)22-12-19(18-6-5-7-21(11-18)37(34)35)8-9-23(22)33-14-25(29)31-16(33)2/h5-14,26,37H,1-4H3. The highest BCUT2D eigenvalue weighted by Crippen LogP contribution is 2.48. The van der Waals surface area contributed by atoms with Gasteiger partial charge in [-0.15, -0.1) is 0 Å². The molecule has 0 saturated carbocycles. The van der Waals surface area contributed by atoms with Gasteiger partial charge >= 0.3 is 0 Å². The lowest BCUT2D eigenvalue weighted by Crippen LogP contribution is -2.27. The van der Waals surface area contributed by atoms with Gasteiger partial charge < -0.3 is 9.30 Å². The number of thiol groups is 1. The van der Waals surface area contributed by atoms with Gasteiger partial charge in [-0.25, -0.2) is 23.4 Å². The molecule has 0 saturated heterocycles. The van der Waals surface area contributed by atoms with Crippen molar-refractivity contribution in [2.24, 2.45) is 4.99 Å². The van der Waals surface area contributed by atoms with Crippen LogP contribution in [0.4, 0.5) is 0 Å². The number of ether oxygens (including phenoxy) is 1. The van der Waals surface area contributed by atoms with E-state index in [1.54, 1.807) is 30.5 Å². The Morgan fingerprint density at radius 2 is 1.70 bits per heavy atom. The maximum atomic E-state index is 11.6. The number of nitrogens with zero attached hydrogens (tertiary/aromatic N) is 4. The first-order valence-corrected chi connectivity index (χ1v) is 13.5. The molecular formula is C27H24Cl2N4O3S. The molecule has 7 nitrogen and oxygen atoms in total. The zero-order chi connectivity index (χ0) is 26.5. The molecule has 4 aromatic rings. The van der Waals surface area contributed by atoms with Gasteiger partial charge in [0.2, 0.25) is 0 Å². The Bertz CT molecular complexity index is 1620. The quantitative estimate of drug-likeness (QED) is 0.233. The Kier molecular flexibility index (Phi) is 6.60. The summed E-state index contributed by atoms with van der Waals surface area (Å²) in [5.41, 5.74) is 4.05. The number of rotatable bonds is 5. The molecular weight excluding hydrogens is 531 g/mol. The maximum Gasteiger partial charge on any atom is 0.181 e. The first-order chi connectivity index (χ1) is 17.5. The van der Waals surface area contributed by atoms with Crippen molar-refractivity contribution in [1.82, 2.24) is 14.5 Å². The predicted molar refractivity (Wildman–Crippen MR) is 146 cm³/mol. The molecule has 0 aliphatic carbocycles. The molecule has 2 atom stereocenters. The summed E-state index contributed by atoms with van der Waals surface area (Å²) < 4.78 is 31.5. The lowest BCUT2D eigenvalue weighted by atomic mass is 9.81. The van der Waals surface area contributed by atoms with Crippen molar-refractivity contribution in [3.05, 3.63) is 93.7 Å². The van der Waals surface area contributed by atoms with Crippen molar-refractivity contribution < 1.29 is 13.2 Å². The fourth-order valence-electron chi connectivity index (χ4n) is 4.91. The van der Waals surface area contributed by atoms with Crippen molar-refractivity contribution in [2.75, 3.05) is 0 Å². The van der Waals surface area contributed by atoms with Crippen LogP contribution in [0.3, 0.4) is 0 Å². The van der Waals surface area contributed by atoms with Gasteiger partial charge in [-0.2, -0.15) is 0 Å². The summed E-state index contributed by atoms with van der Waals surface area (Å²) >= 11 is 12.6. The summed E-state index contributed by atoms with van der Waals surface area (Å²) in [6.07, 6.45) is 1.28. The Labute approximate surface area is 226 Å². The smallest absolute Gasteiger partial charge is 0.181 e. The second-order valence-electron chi connectivity index (χ2n) is 9.16. The van der Waals surface area contributed by atoms with Crippen LogP contribution in [0.5, 0.6) is 0 Å². The van der Waals surface area contributed by atoms with Gasteiger partial charge in [0.25, 0.3) is 0 Å². The second kappa shape index (κ2) is 9.59. The van der Waals surface area contributed by atoms with Gasteiger partial charge in [0.1, 0.15) is 21.7 Å². The number of imidazole rings is 1. The molecule has 10 heteroatoms. The van der Waals surface area contributed by atoms with Gasteiger partial charge in [0.15, 0.2) is 22.7 Å². The minimum absolute atomic E-state index is 0.249. The molecule has 1 aliphatic rings. The average Bonchev–Trinajstić information content (AvgIpc) is 3.35. The van der Waals surface area contributed by atoms with Crippen LogP contribution in [0.2, 0.25) is 10.3 Å². The number of aliphatic imine (C=N–C) groups is 1. The minimum Gasteiger partial charge on any atom is -0.470 e. The van der Waals surface area contributed by atoms with Crippen LogP contribution in [0.1, 0.15) is 42.6 Å². The summed E-state index contributed by atoms with van der Waals surface area (Å²) in [5.74, 6) is 1.26. The molecule has 37 heavy (non-hydrogen) atoms. The van der Waals surface area contributed by atoms with E-state index < -0.39 is 22.3 Å². The zero-order valence-corrected chi connectivity index (χ0v) is 23.0. The fourth-order valence-corrected chi connectivity index (χ4v) is 5.84. The first-order valence-electron chi connectivity index (χ1n) is 11.5. The molecule has 2 unspecified atom stereocenters. The largest absolute Gasteiger partial charge is 0.470 e. The molecule has 2 aromatic carbocycles. The van der Waals surface area contributed by atoms with Crippen LogP contribution in [0.25, 0.3) is 16.8 Å². The minimum atomic E-state index is -2.71. The first kappa shape index (κ1) is 25.4. The van der Waals surface area contributed by atoms with Crippen molar-refractivity contribution in [2.45, 2.75) is 44.2 Å². The van der Waals surface area contributed by atoms with Crippen LogP contribution in [-0.2, 0) is 21.0 Å². The van der Waals surface area contributed by atoms with E-state index in [0.717, 1.165) is 33.6 Å². The van der Waals surface area contributed by atoms with Crippen LogP contribution in [0, 0.1) is 13.8 Å². The van der Waals surface area contributed by atoms with Crippen molar-refractivity contribution >= 4 is 39.8 Å². The lowest BCUT2D eigenvalue weighted by Gasteiger charge is -2.31. The highest BCUT2D eigenvalue weighted by Gasteiger charge is 2.45. The van der Waals surface area contributed by atoms with Crippen molar-refractivity contribution in [3.63, 3.8) is 0 Å². The average molecular weight is 555 g/mol. The fraction of sp³-hybridized carbons (Fsp3) is 0.222. The van der Waals surface area contributed by atoms with E-state index in [1.165, 1.54) is 0 Å². The SMILES string of the molecule is CC1=NC(C)(c2cc(-c3cccc([SH](=O)=O)c3)ccc2-n2cc(Cl)nc2C)C(c2cc(C)nc(Cl)c2)O1. The highest BCUT2D eigenvalue weighted by atomic mass is 35.5. The van der Waals surface area contributed by atoms with Crippen molar-refractivity contribution in [1.29, 1.82) is 0 Å². The lowest BCUT2D eigenvalue weighted by molar-refractivity contribution is 0.146. The summed E-state index contributed by atoms with van der Waals surface area (Å²) in [6.45, 7) is 7.60. The van der Waals surface area contributed by atoms with Crippen LogP contribution in [0.15, 0.2) is 70.7 Å². The van der Waals surface area contributed by atoms with E-state index in [4.69, 9.17) is 32.9 Å². The summed E-state index contributed by atoms with van der Waals surface area (Å²) in [5, 5.41) is 0.750. The molecule has 0 spiro atoms. The van der Waals surface area contributed by atoms with E-state index >= 15 is 0 Å². The van der Waals surface area contributed by atoms with Gasteiger partial charge in [-0.05, 0) is 68.3 Å². The van der Waals surface area contributed by atoms with Crippen LogP contribution < -0.4 is 0 Å². The second-order valence-corrected chi connectivity index (χ2v) is 11.0. The van der Waals surface area contributed by atoms with Gasteiger partial charge in [-0.1, -0.05) is 41.4 Å². The molecule has 0 N–H and O–H groups in total. The third-order valence-corrected chi connectivity index (χ3v) is 7.56. The molecule has 3 heterocycles. The molecule has 190 valence electrons. The van der Waals surface area contributed by atoms with E-state index in [1.807, 2.05) is 62.6 Å². The Morgan fingerprint density at radius 3 is 2.38 bits per heavy atom. The maximum absolute atomic E-state index is 11.6. The number of pyridine rings is 1. The normalized spacial score (nSPS) is 19.2. The van der Waals surface area contributed by atoms with E-state index in [-0.39, 0.29) is 4.90 Å². The summed E-state index contributed by atoms with van der Waals surface area (Å²) in [7, 11) is -2.71. The molecule has 2 aromatic heterocycles. The number of aryl methyl sites for hydroxylation is 2. The van der Waals surface area contributed by atoms with Gasteiger partial charge in [-0.3, -0.25) is 0 Å². The molecule has 1 aliphatic heterocycles. The molecule has 0 bridgehead atoms. The third kappa shape index (κ3) is 4.77. The van der Waals surface area contributed by atoms with Gasteiger partial charge in [0, 0.05) is 29.9 Å². The Hall–Kier alpha value is -3.20. The Balaban J connectivity index is 1.76. The van der Waals surface area contributed by atoms with Crippen molar-refractivity contribution in [3.8, 4) is 16.8 Å². The van der Waals surface area contributed by atoms with E-state index in [2.05, 4.69) is 9.97 Å². The molecule has 5 rings (SSSR count). The van der Waals surface area contributed by atoms with E-state index in [0.29, 0.717) is 22.0 Å². The molecule has 0 radical (unpaired) electrons. The predicted octanol–water partition coefficient (Wildman–Crippen LogP) is 6.23. The zero-order valence-electron chi connectivity index (χ0n) is 20.6. The molecule has 0 fully saturated rings.